The molecular weight excluding hydrogens is 176 g/mol. The summed E-state index contributed by atoms with van der Waals surface area (Å²) >= 11 is 0. The summed E-state index contributed by atoms with van der Waals surface area (Å²) in [6.45, 7) is 13.9. The second kappa shape index (κ2) is 15.4. The van der Waals surface area contributed by atoms with Crippen molar-refractivity contribution in [1.29, 1.82) is 0 Å². The molecule has 0 aromatic rings. The fourth-order valence-corrected chi connectivity index (χ4v) is 1.01. The lowest BCUT2D eigenvalue weighted by molar-refractivity contribution is 0.0394. The van der Waals surface area contributed by atoms with E-state index in [4.69, 9.17) is 10.5 Å². The van der Waals surface area contributed by atoms with E-state index in [2.05, 4.69) is 18.7 Å². The Labute approximate surface area is 89.6 Å². The Morgan fingerprint density at radius 1 is 1.14 bits per heavy atom. The van der Waals surface area contributed by atoms with Crippen molar-refractivity contribution >= 4 is 0 Å². The molecule has 2 N–H and O–H groups in total. The molecular formula is C11H28N2O. The van der Waals surface area contributed by atoms with Gasteiger partial charge in [-0.25, -0.2) is 0 Å². The zero-order valence-corrected chi connectivity index (χ0v) is 10.4. The molecule has 3 nitrogen and oxygen atoms in total. The predicted octanol–water partition coefficient (Wildman–Crippen LogP) is 1.72. The highest BCUT2D eigenvalue weighted by molar-refractivity contribution is 4.60. The second-order valence-corrected chi connectivity index (χ2v) is 2.95. The Hall–Kier alpha value is -0.120. The molecule has 0 aromatic carbocycles. The zero-order valence-electron chi connectivity index (χ0n) is 10.4. The maximum atomic E-state index is 5.38. The summed E-state index contributed by atoms with van der Waals surface area (Å²) in [6.07, 6.45) is 1.25. The van der Waals surface area contributed by atoms with Gasteiger partial charge >= 0.3 is 0 Å². The third-order valence-corrected chi connectivity index (χ3v) is 1.55. The molecule has 1 saturated heterocycles. The predicted molar refractivity (Wildman–Crippen MR) is 63.6 cm³/mol. The number of morpholine rings is 1. The Bertz CT molecular complexity index is 80.6. The minimum atomic E-state index is 0.764. The highest BCUT2D eigenvalue weighted by atomic mass is 16.5. The molecule has 0 atom stereocenters. The lowest BCUT2D eigenvalue weighted by Crippen LogP contribution is -2.39. The van der Waals surface area contributed by atoms with E-state index in [9.17, 15) is 0 Å². The summed E-state index contributed by atoms with van der Waals surface area (Å²) in [7, 11) is 0. The summed E-state index contributed by atoms with van der Waals surface area (Å²) in [5.41, 5.74) is 5.38. The summed E-state index contributed by atoms with van der Waals surface area (Å²) in [5.74, 6) is 0. The normalized spacial score (nSPS) is 16.1. The van der Waals surface area contributed by atoms with Crippen molar-refractivity contribution in [1.82, 2.24) is 4.90 Å². The molecule has 0 aliphatic carbocycles. The zero-order chi connectivity index (χ0) is 11.2. The average molecular weight is 204 g/mol. The van der Waals surface area contributed by atoms with Gasteiger partial charge in [-0.05, 0) is 0 Å². The van der Waals surface area contributed by atoms with E-state index in [0.29, 0.717) is 0 Å². The smallest absolute Gasteiger partial charge is 0.0594 e. The van der Waals surface area contributed by atoms with Crippen molar-refractivity contribution in [3.8, 4) is 0 Å². The largest absolute Gasteiger partial charge is 0.379 e. The second-order valence-electron chi connectivity index (χ2n) is 2.95. The third kappa shape index (κ3) is 11.9. The maximum absolute atomic E-state index is 5.38. The highest BCUT2D eigenvalue weighted by Crippen LogP contribution is 1.93. The van der Waals surface area contributed by atoms with Crippen molar-refractivity contribution < 1.29 is 4.74 Å². The molecule has 0 spiro atoms. The van der Waals surface area contributed by atoms with Gasteiger partial charge in [-0.15, -0.1) is 0 Å². The molecule has 1 fully saturated rings. The summed E-state index contributed by atoms with van der Waals surface area (Å²) < 4.78 is 5.16. The van der Waals surface area contributed by atoms with Crippen LogP contribution in [0, 0.1) is 0 Å². The van der Waals surface area contributed by atoms with Crippen LogP contribution in [0.4, 0.5) is 0 Å². The van der Waals surface area contributed by atoms with Crippen LogP contribution in [0.1, 0.15) is 34.1 Å². The van der Waals surface area contributed by atoms with E-state index in [1.807, 2.05) is 13.8 Å². The molecule has 1 aliphatic heterocycles. The van der Waals surface area contributed by atoms with Gasteiger partial charge in [0, 0.05) is 26.2 Å². The van der Waals surface area contributed by atoms with Gasteiger partial charge in [0.05, 0.1) is 13.2 Å². The number of hydrogen-bond acceptors (Lipinski definition) is 3. The van der Waals surface area contributed by atoms with Gasteiger partial charge in [-0.1, -0.05) is 34.1 Å². The van der Waals surface area contributed by atoms with Crippen molar-refractivity contribution in [2.45, 2.75) is 34.1 Å². The molecule has 0 amide bonds. The van der Waals surface area contributed by atoms with E-state index < -0.39 is 0 Å². The molecule has 0 aromatic heterocycles. The fourth-order valence-electron chi connectivity index (χ4n) is 1.01. The van der Waals surface area contributed by atoms with E-state index in [1.165, 1.54) is 6.42 Å². The molecule has 0 unspecified atom stereocenters. The van der Waals surface area contributed by atoms with Crippen LogP contribution in [0.2, 0.25) is 0 Å². The summed E-state index contributed by atoms with van der Waals surface area (Å²) in [6, 6.07) is 0. The standard InChI is InChI=1S/C6H14N2O.C3H8.C2H6/c7-1-2-8-3-5-9-6-4-8;1-3-2;1-2/h1-7H2;3H2,1-2H3;1-2H3. The average Bonchev–Trinajstić information content (AvgIpc) is 2.24. The number of nitrogens with zero attached hydrogens (tertiary/aromatic N) is 1. The van der Waals surface area contributed by atoms with Crippen LogP contribution in [0.5, 0.6) is 0 Å². The number of rotatable bonds is 2. The molecule has 3 heteroatoms. The van der Waals surface area contributed by atoms with Crippen LogP contribution in [0.25, 0.3) is 0 Å². The Balaban J connectivity index is 0. The van der Waals surface area contributed by atoms with Crippen LogP contribution in [-0.4, -0.2) is 44.3 Å². The Kier molecular flexibility index (Phi) is 17.9. The van der Waals surface area contributed by atoms with E-state index >= 15 is 0 Å². The van der Waals surface area contributed by atoms with Gasteiger partial charge in [-0.3, -0.25) is 4.90 Å². The minimum absolute atomic E-state index is 0.764. The highest BCUT2D eigenvalue weighted by Gasteiger charge is 2.07. The molecule has 14 heavy (non-hydrogen) atoms. The third-order valence-electron chi connectivity index (χ3n) is 1.55. The van der Waals surface area contributed by atoms with Crippen molar-refractivity contribution in [2.24, 2.45) is 5.73 Å². The molecule has 1 heterocycles. The molecule has 0 radical (unpaired) electrons. The van der Waals surface area contributed by atoms with Gasteiger partial charge < -0.3 is 10.5 Å². The Morgan fingerprint density at radius 3 is 1.93 bits per heavy atom. The van der Waals surface area contributed by atoms with Gasteiger partial charge in [0.1, 0.15) is 0 Å². The van der Waals surface area contributed by atoms with Crippen LogP contribution in [0.15, 0.2) is 0 Å². The summed E-state index contributed by atoms with van der Waals surface area (Å²) in [5, 5.41) is 0. The van der Waals surface area contributed by atoms with Crippen LogP contribution >= 0.6 is 0 Å². The minimum Gasteiger partial charge on any atom is -0.379 e. The maximum Gasteiger partial charge on any atom is 0.0594 e. The lowest BCUT2D eigenvalue weighted by atomic mass is 10.4. The Morgan fingerprint density at radius 2 is 1.57 bits per heavy atom. The molecule has 0 bridgehead atoms. The van der Waals surface area contributed by atoms with Crippen molar-refractivity contribution in [3.63, 3.8) is 0 Å². The number of hydrogen-bond donors (Lipinski definition) is 1. The van der Waals surface area contributed by atoms with E-state index in [-0.39, 0.29) is 0 Å². The molecule has 0 saturated carbocycles. The summed E-state index contributed by atoms with van der Waals surface area (Å²) in [4.78, 5) is 2.32. The molecule has 1 aliphatic rings. The van der Waals surface area contributed by atoms with Crippen molar-refractivity contribution in [3.05, 3.63) is 0 Å². The van der Waals surface area contributed by atoms with Crippen LogP contribution < -0.4 is 5.73 Å². The topological polar surface area (TPSA) is 38.5 Å². The molecule has 88 valence electrons. The fraction of sp³-hybridized carbons (Fsp3) is 1.00. The van der Waals surface area contributed by atoms with Crippen LogP contribution in [-0.2, 0) is 4.74 Å². The number of nitrogens with two attached hydrogens (primary N) is 1. The van der Waals surface area contributed by atoms with Gasteiger partial charge in [0.25, 0.3) is 0 Å². The lowest BCUT2D eigenvalue weighted by Gasteiger charge is -2.25. The van der Waals surface area contributed by atoms with Gasteiger partial charge in [-0.2, -0.15) is 0 Å². The van der Waals surface area contributed by atoms with Crippen molar-refractivity contribution in [2.75, 3.05) is 39.4 Å². The quantitative estimate of drug-likeness (QED) is 0.744. The van der Waals surface area contributed by atoms with E-state index in [1.54, 1.807) is 0 Å². The SMILES string of the molecule is CC.CCC.NCCN1CCOCC1. The first-order valence-electron chi connectivity index (χ1n) is 5.85. The van der Waals surface area contributed by atoms with Gasteiger partial charge in [0.2, 0.25) is 0 Å². The first kappa shape index (κ1) is 16.3. The first-order chi connectivity index (χ1) is 6.85. The van der Waals surface area contributed by atoms with Crippen LogP contribution in [0.3, 0.4) is 0 Å². The monoisotopic (exact) mass is 204 g/mol. The van der Waals surface area contributed by atoms with Gasteiger partial charge in [0.15, 0.2) is 0 Å². The van der Waals surface area contributed by atoms with E-state index in [0.717, 1.165) is 39.4 Å². The first-order valence-corrected chi connectivity index (χ1v) is 5.85. The molecule has 1 rings (SSSR count). The number of ether oxygens (including phenoxy) is 1.